The van der Waals surface area contributed by atoms with Crippen LogP contribution < -0.4 is 0 Å². The number of hydrogen-bond donors (Lipinski definition) is 1. The Labute approximate surface area is 131 Å². The van der Waals surface area contributed by atoms with Crippen molar-refractivity contribution in [2.75, 3.05) is 19.6 Å². The predicted molar refractivity (Wildman–Crippen MR) is 86.7 cm³/mol. The van der Waals surface area contributed by atoms with Crippen LogP contribution in [0.3, 0.4) is 0 Å². The minimum Gasteiger partial charge on any atom is -0.387 e. The number of hydrogen-bond acceptors (Lipinski definition) is 2. The molecule has 0 aliphatic carbocycles. The van der Waals surface area contributed by atoms with Gasteiger partial charge in [0.2, 0.25) is 0 Å². The Hall–Kier alpha value is -1.35. The van der Waals surface area contributed by atoms with Crippen molar-refractivity contribution in [3.05, 3.63) is 70.7 Å². The zero-order valence-electron chi connectivity index (χ0n) is 12.0. The molecule has 3 heteroatoms. The number of aliphatic hydroxyl groups excluding tert-OH is 1. The Kier molecular flexibility index (Phi) is 4.59. The highest BCUT2D eigenvalue weighted by Crippen LogP contribution is 2.29. The van der Waals surface area contributed by atoms with Crippen LogP contribution in [0.15, 0.2) is 54.6 Å². The number of β-amino-alcohol motifs (C(OH)–C–C–N with tert-alkyl or cyclic N) is 1. The molecule has 110 valence electrons. The second-order valence-corrected chi connectivity index (χ2v) is 6.10. The number of likely N-dealkylation sites (tertiary alicyclic amines) is 1. The van der Waals surface area contributed by atoms with Gasteiger partial charge in [-0.15, -0.1) is 0 Å². The van der Waals surface area contributed by atoms with E-state index in [-0.39, 0.29) is 0 Å². The third kappa shape index (κ3) is 3.46. The highest BCUT2D eigenvalue weighted by Gasteiger charge is 2.25. The van der Waals surface area contributed by atoms with Crippen molar-refractivity contribution in [3.63, 3.8) is 0 Å². The minimum atomic E-state index is -0.520. The molecule has 2 aromatic rings. The summed E-state index contributed by atoms with van der Waals surface area (Å²) in [5.41, 5.74) is 2.22. The molecule has 0 amide bonds. The second-order valence-electron chi connectivity index (χ2n) is 5.69. The number of aliphatic hydroxyl groups is 1. The predicted octanol–water partition coefficient (Wildman–Crippen LogP) is 3.86. The number of rotatable bonds is 4. The van der Waals surface area contributed by atoms with Crippen LogP contribution in [0.5, 0.6) is 0 Å². The maximum absolute atomic E-state index is 10.4. The molecule has 0 saturated carbocycles. The summed E-state index contributed by atoms with van der Waals surface area (Å²) in [5.74, 6) is 0.574. The molecule has 1 heterocycles. The number of halogens is 1. The van der Waals surface area contributed by atoms with Crippen molar-refractivity contribution in [1.82, 2.24) is 4.90 Å². The van der Waals surface area contributed by atoms with Gasteiger partial charge in [-0.3, -0.25) is 4.90 Å². The van der Waals surface area contributed by atoms with Gasteiger partial charge in [-0.05, 0) is 30.5 Å². The van der Waals surface area contributed by atoms with Crippen molar-refractivity contribution in [2.24, 2.45) is 0 Å². The lowest BCUT2D eigenvalue weighted by Crippen LogP contribution is -2.26. The molecular weight excluding hydrogens is 282 g/mol. The molecule has 1 N–H and O–H groups in total. The summed E-state index contributed by atoms with van der Waals surface area (Å²) in [6.07, 6.45) is 0.632. The first-order valence-electron chi connectivity index (χ1n) is 7.44. The molecule has 1 fully saturated rings. The van der Waals surface area contributed by atoms with E-state index in [0.29, 0.717) is 17.5 Å². The van der Waals surface area contributed by atoms with E-state index in [4.69, 9.17) is 11.6 Å². The SMILES string of the molecule is OC(CN1CCC(c2ccccc2)C1)c1ccccc1Cl. The standard InChI is InChI=1S/C18H20ClNO/c19-17-9-5-4-8-16(17)18(21)13-20-11-10-15(12-20)14-6-2-1-3-7-14/h1-9,15,18,21H,10-13H2. The van der Waals surface area contributed by atoms with Crippen LogP contribution in [-0.2, 0) is 0 Å². The smallest absolute Gasteiger partial charge is 0.0931 e. The summed E-state index contributed by atoms with van der Waals surface area (Å²) in [4.78, 5) is 2.33. The lowest BCUT2D eigenvalue weighted by atomic mass is 9.99. The first-order chi connectivity index (χ1) is 10.2. The Morgan fingerprint density at radius 2 is 1.81 bits per heavy atom. The molecule has 3 rings (SSSR count). The van der Waals surface area contributed by atoms with E-state index in [1.807, 2.05) is 24.3 Å². The normalized spacial score (nSPS) is 20.6. The van der Waals surface area contributed by atoms with E-state index in [1.54, 1.807) is 0 Å². The average Bonchev–Trinajstić information content (AvgIpc) is 2.97. The van der Waals surface area contributed by atoms with Crippen molar-refractivity contribution in [2.45, 2.75) is 18.4 Å². The van der Waals surface area contributed by atoms with E-state index in [2.05, 4.69) is 35.2 Å². The van der Waals surface area contributed by atoms with E-state index >= 15 is 0 Å². The van der Waals surface area contributed by atoms with Crippen LogP contribution >= 0.6 is 11.6 Å². The fourth-order valence-electron chi connectivity index (χ4n) is 3.08. The summed E-state index contributed by atoms with van der Waals surface area (Å²) in [6.45, 7) is 2.68. The molecule has 21 heavy (non-hydrogen) atoms. The molecule has 0 radical (unpaired) electrons. The Bertz CT molecular complexity index is 587. The molecule has 2 aromatic carbocycles. The van der Waals surface area contributed by atoms with Gasteiger partial charge in [0.25, 0.3) is 0 Å². The monoisotopic (exact) mass is 301 g/mol. The first kappa shape index (κ1) is 14.6. The van der Waals surface area contributed by atoms with Crippen molar-refractivity contribution in [3.8, 4) is 0 Å². The molecule has 1 saturated heterocycles. The quantitative estimate of drug-likeness (QED) is 0.927. The van der Waals surface area contributed by atoms with Gasteiger partial charge in [0.15, 0.2) is 0 Å². The van der Waals surface area contributed by atoms with Gasteiger partial charge in [-0.1, -0.05) is 60.1 Å². The molecule has 0 spiro atoms. The minimum absolute atomic E-state index is 0.520. The average molecular weight is 302 g/mol. The molecule has 2 atom stereocenters. The Balaban J connectivity index is 1.61. The molecule has 0 aromatic heterocycles. The fraction of sp³-hybridized carbons (Fsp3) is 0.333. The Morgan fingerprint density at radius 3 is 2.57 bits per heavy atom. The molecule has 0 bridgehead atoms. The summed E-state index contributed by atoms with van der Waals surface area (Å²) < 4.78 is 0. The van der Waals surface area contributed by atoms with Crippen LogP contribution in [0.1, 0.15) is 29.6 Å². The maximum Gasteiger partial charge on any atom is 0.0931 e. The third-order valence-corrected chi connectivity index (χ3v) is 4.58. The van der Waals surface area contributed by atoms with E-state index in [1.165, 1.54) is 5.56 Å². The molecular formula is C18H20ClNO. The van der Waals surface area contributed by atoms with Crippen LogP contribution in [0.2, 0.25) is 5.02 Å². The zero-order chi connectivity index (χ0) is 14.7. The molecule has 2 unspecified atom stereocenters. The van der Waals surface area contributed by atoms with Gasteiger partial charge >= 0.3 is 0 Å². The van der Waals surface area contributed by atoms with Gasteiger partial charge in [0.05, 0.1) is 6.10 Å². The lowest BCUT2D eigenvalue weighted by Gasteiger charge is -2.21. The molecule has 1 aliphatic rings. The summed E-state index contributed by atoms with van der Waals surface area (Å²) in [7, 11) is 0. The highest BCUT2D eigenvalue weighted by molar-refractivity contribution is 6.31. The van der Waals surface area contributed by atoms with Gasteiger partial charge in [-0.2, -0.15) is 0 Å². The van der Waals surface area contributed by atoms with E-state index < -0.39 is 6.10 Å². The van der Waals surface area contributed by atoms with Gasteiger partial charge in [0.1, 0.15) is 0 Å². The highest BCUT2D eigenvalue weighted by atomic mass is 35.5. The summed E-state index contributed by atoms with van der Waals surface area (Å²) in [5, 5.41) is 11.0. The van der Waals surface area contributed by atoms with Crippen molar-refractivity contribution in [1.29, 1.82) is 0 Å². The zero-order valence-corrected chi connectivity index (χ0v) is 12.7. The summed E-state index contributed by atoms with van der Waals surface area (Å²) >= 11 is 6.15. The molecule has 1 aliphatic heterocycles. The van der Waals surface area contributed by atoms with E-state index in [9.17, 15) is 5.11 Å². The van der Waals surface area contributed by atoms with Gasteiger partial charge < -0.3 is 5.11 Å². The summed E-state index contributed by atoms with van der Waals surface area (Å²) in [6, 6.07) is 18.2. The number of benzene rings is 2. The van der Waals surface area contributed by atoms with Crippen LogP contribution in [0.25, 0.3) is 0 Å². The second kappa shape index (κ2) is 6.61. The van der Waals surface area contributed by atoms with E-state index in [0.717, 1.165) is 25.1 Å². The van der Waals surface area contributed by atoms with Crippen LogP contribution in [-0.4, -0.2) is 29.6 Å². The maximum atomic E-state index is 10.4. The fourth-order valence-corrected chi connectivity index (χ4v) is 3.35. The molecule has 2 nitrogen and oxygen atoms in total. The Morgan fingerprint density at radius 1 is 1.10 bits per heavy atom. The third-order valence-electron chi connectivity index (χ3n) is 4.24. The van der Waals surface area contributed by atoms with Crippen LogP contribution in [0.4, 0.5) is 0 Å². The van der Waals surface area contributed by atoms with Crippen LogP contribution in [0, 0.1) is 0 Å². The lowest BCUT2D eigenvalue weighted by molar-refractivity contribution is 0.125. The largest absolute Gasteiger partial charge is 0.387 e. The number of nitrogens with zero attached hydrogens (tertiary/aromatic N) is 1. The van der Waals surface area contributed by atoms with Gasteiger partial charge in [0, 0.05) is 23.7 Å². The van der Waals surface area contributed by atoms with Crippen molar-refractivity contribution < 1.29 is 5.11 Å². The van der Waals surface area contributed by atoms with Crippen molar-refractivity contribution >= 4 is 11.6 Å². The van der Waals surface area contributed by atoms with Gasteiger partial charge in [-0.25, -0.2) is 0 Å². The topological polar surface area (TPSA) is 23.5 Å². The first-order valence-corrected chi connectivity index (χ1v) is 7.81.